The molecule has 0 radical (unpaired) electrons. The van der Waals surface area contributed by atoms with E-state index in [1.54, 1.807) is 5.01 Å². The van der Waals surface area contributed by atoms with Crippen molar-refractivity contribution >= 4 is 21.8 Å². The summed E-state index contributed by atoms with van der Waals surface area (Å²) in [6.07, 6.45) is 3.73. The van der Waals surface area contributed by atoms with Crippen molar-refractivity contribution in [1.82, 2.24) is 5.01 Å². The standard InChI is InChI=1S/C5H5BrN2/c1-8-3-2-5(6)4-7-8/h2-3H,1H3. The average molecular weight is 173 g/mol. The van der Waals surface area contributed by atoms with Crippen LogP contribution in [-0.4, -0.2) is 17.9 Å². The number of hydrogen-bond donors (Lipinski definition) is 0. The highest BCUT2D eigenvalue weighted by Crippen LogP contribution is 2.05. The van der Waals surface area contributed by atoms with E-state index in [1.807, 2.05) is 19.3 Å². The molecule has 2 nitrogen and oxygen atoms in total. The third kappa shape index (κ3) is 1.22. The molecule has 0 atom stereocenters. The first-order chi connectivity index (χ1) is 3.79. The number of allylic oxidation sites excluding steroid dienone is 2. The smallest absolute Gasteiger partial charge is 0.0822 e. The molecule has 0 spiro atoms. The van der Waals surface area contributed by atoms with Crippen LogP contribution in [0.3, 0.4) is 0 Å². The highest BCUT2D eigenvalue weighted by atomic mass is 79.9. The summed E-state index contributed by atoms with van der Waals surface area (Å²) in [6, 6.07) is 0. The molecular formula is C5H5BrN2. The van der Waals surface area contributed by atoms with Gasteiger partial charge in [-0.25, -0.2) is 0 Å². The molecule has 0 amide bonds. The maximum absolute atomic E-state index is 3.82. The Morgan fingerprint density at radius 2 is 2.62 bits per heavy atom. The third-order valence-corrected chi connectivity index (χ3v) is 1.19. The predicted octanol–water partition coefficient (Wildman–Crippen LogP) is 1.31. The molecule has 0 aromatic carbocycles. The molecule has 1 rings (SSSR count). The van der Waals surface area contributed by atoms with Crippen molar-refractivity contribution in [2.75, 3.05) is 7.05 Å². The van der Waals surface area contributed by atoms with Crippen molar-refractivity contribution in [3.8, 4) is 0 Å². The molecule has 0 N–H and O–H groups in total. The Morgan fingerprint density at radius 1 is 1.88 bits per heavy atom. The van der Waals surface area contributed by atoms with E-state index in [4.69, 9.17) is 0 Å². The van der Waals surface area contributed by atoms with Crippen LogP contribution in [0.1, 0.15) is 0 Å². The highest BCUT2D eigenvalue weighted by molar-refractivity contribution is 9.12. The first kappa shape index (κ1) is 5.60. The zero-order valence-corrected chi connectivity index (χ0v) is 6.01. The van der Waals surface area contributed by atoms with Crippen molar-refractivity contribution in [2.24, 2.45) is 5.10 Å². The SMILES string of the molecule is CN1C=CC(Br)=C=N1. The van der Waals surface area contributed by atoms with Crippen molar-refractivity contribution in [2.45, 2.75) is 0 Å². The number of halogens is 1. The van der Waals surface area contributed by atoms with E-state index < -0.39 is 0 Å². The summed E-state index contributed by atoms with van der Waals surface area (Å²) in [4.78, 5) is 0. The maximum atomic E-state index is 3.82. The second-order valence-electron chi connectivity index (χ2n) is 1.45. The molecule has 0 fully saturated rings. The van der Waals surface area contributed by atoms with Crippen LogP contribution >= 0.6 is 15.9 Å². The van der Waals surface area contributed by atoms with E-state index in [9.17, 15) is 0 Å². The summed E-state index contributed by atoms with van der Waals surface area (Å²) in [5.41, 5.74) is 0. The number of hydrogen-bond acceptors (Lipinski definition) is 2. The fourth-order valence-electron chi connectivity index (χ4n) is 0.371. The van der Waals surface area contributed by atoms with Gasteiger partial charge in [0.15, 0.2) is 0 Å². The number of hydrazone groups is 1. The molecule has 0 bridgehead atoms. The van der Waals surface area contributed by atoms with Gasteiger partial charge in [-0.2, -0.15) is 0 Å². The minimum Gasteiger partial charge on any atom is -0.268 e. The van der Waals surface area contributed by atoms with Gasteiger partial charge in [0.1, 0.15) is 0 Å². The molecule has 1 heterocycles. The van der Waals surface area contributed by atoms with Crippen LogP contribution in [0.15, 0.2) is 21.9 Å². The van der Waals surface area contributed by atoms with E-state index in [2.05, 4.69) is 26.9 Å². The van der Waals surface area contributed by atoms with Crippen molar-refractivity contribution in [3.63, 3.8) is 0 Å². The quantitative estimate of drug-likeness (QED) is 0.539. The van der Waals surface area contributed by atoms with Gasteiger partial charge in [0.05, 0.1) is 4.48 Å². The van der Waals surface area contributed by atoms with Crippen LogP contribution in [0.4, 0.5) is 0 Å². The first-order valence-corrected chi connectivity index (χ1v) is 2.98. The maximum Gasteiger partial charge on any atom is 0.0822 e. The van der Waals surface area contributed by atoms with Crippen LogP contribution in [0.25, 0.3) is 0 Å². The second kappa shape index (κ2) is 2.16. The van der Waals surface area contributed by atoms with Gasteiger partial charge < -0.3 is 0 Å². The number of nitrogens with zero attached hydrogens (tertiary/aromatic N) is 2. The molecule has 1 aliphatic rings. The van der Waals surface area contributed by atoms with E-state index in [0.717, 1.165) is 4.48 Å². The lowest BCUT2D eigenvalue weighted by atomic mass is 10.5. The molecule has 0 saturated carbocycles. The monoisotopic (exact) mass is 172 g/mol. The van der Waals surface area contributed by atoms with E-state index >= 15 is 0 Å². The fourth-order valence-corrected chi connectivity index (χ4v) is 0.568. The zero-order chi connectivity index (χ0) is 5.98. The summed E-state index contributed by atoms with van der Waals surface area (Å²) in [5, 5.41) is 5.51. The van der Waals surface area contributed by atoms with Gasteiger partial charge in [-0.1, -0.05) is 0 Å². The average Bonchev–Trinajstić information content (AvgIpc) is 1.77. The van der Waals surface area contributed by atoms with Crippen molar-refractivity contribution < 1.29 is 0 Å². The molecule has 0 aliphatic carbocycles. The predicted molar refractivity (Wildman–Crippen MR) is 36.8 cm³/mol. The minimum absolute atomic E-state index is 0.885. The summed E-state index contributed by atoms with van der Waals surface area (Å²) in [5.74, 6) is 2.73. The van der Waals surface area contributed by atoms with Crippen LogP contribution in [-0.2, 0) is 0 Å². The molecule has 8 heavy (non-hydrogen) atoms. The Balaban J connectivity index is 2.86. The Kier molecular flexibility index (Phi) is 1.51. The Labute approximate surface area is 56.3 Å². The van der Waals surface area contributed by atoms with Gasteiger partial charge in [0.25, 0.3) is 0 Å². The third-order valence-electron chi connectivity index (χ3n) is 0.751. The van der Waals surface area contributed by atoms with Gasteiger partial charge in [-0.05, 0) is 22.0 Å². The molecule has 0 unspecified atom stereocenters. The van der Waals surface area contributed by atoms with E-state index in [-0.39, 0.29) is 0 Å². The summed E-state index contributed by atoms with van der Waals surface area (Å²) < 4.78 is 0.885. The molecule has 0 aromatic heterocycles. The molecule has 42 valence electrons. The zero-order valence-electron chi connectivity index (χ0n) is 4.43. The Hall–Kier alpha value is -0.530. The van der Waals surface area contributed by atoms with E-state index in [0.29, 0.717) is 0 Å². The Bertz CT molecular complexity index is 177. The van der Waals surface area contributed by atoms with Crippen LogP contribution in [0, 0.1) is 0 Å². The molecule has 0 aromatic rings. The fraction of sp³-hybridized carbons (Fsp3) is 0.200. The van der Waals surface area contributed by atoms with Crippen molar-refractivity contribution in [1.29, 1.82) is 0 Å². The molecule has 3 heteroatoms. The van der Waals surface area contributed by atoms with Gasteiger partial charge in [0, 0.05) is 19.1 Å². The van der Waals surface area contributed by atoms with Crippen LogP contribution < -0.4 is 0 Å². The lowest BCUT2D eigenvalue weighted by Crippen LogP contribution is -2.01. The lowest BCUT2D eigenvalue weighted by Gasteiger charge is -2.04. The van der Waals surface area contributed by atoms with Crippen LogP contribution in [0.2, 0.25) is 0 Å². The summed E-state index contributed by atoms with van der Waals surface area (Å²) in [6.45, 7) is 0. The van der Waals surface area contributed by atoms with E-state index in [1.165, 1.54) is 0 Å². The largest absolute Gasteiger partial charge is 0.268 e. The van der Waals surface area contributed by atoms with Gasteiger partial charge >= 0.3 is 0 Å². The molecule has 0 saturated heterocycles. The van der Waals surface area contributed by atoms with Gasteiger partial charge in [-0.3, -0.25) is 5.01 Å². The topological polar surface area (TPSA) is 15.6 Å². The number of rotatable bonds is 0. The van der Waals surface area contributed by atoms with Gasteiger partial charge in [-0.15, -0.1) is 5.10 Å². The highest BCUT2D eigenvalue weighted by Gasteiger charge is 1.89. The van der Waals surface area contributed by atoms with Gasteiger partial charge in [0.2, 0.25) is 0 Å². The minimum atomic E-state index is 0.885. The summed E-state index contributed by atoms with van der Waals surface area (Å²) >= 11 is 3.21. The second-order valence-corrected chi connectivity index (χ2v) is 2.30. The van der Waals surface area contributed by atoms with Crippen molar-refractivity contribution in [3.05, 3.63) is 16.8 Å². The summed E-state index contributed by atoms with van der Waals surface area (Å²) in [7, 11) is 1.85. The van der Waals surface area contributed by atoms with Crippen LogP contribution in [0.5, 0.6) is 0 Å². The first-order valence-electron chi connectivity index (χ1n) is 2.19. The Morgan fingerprint density at radius 3 is 3.00 bits per heavy atom. The normalized spacial score (nSPS) is 16.8. The molecule has 1 aliphatic heterocycles. The lowest BCUT2D eigenvalue weighted by molar-refractivity contribution is 0.492. The molecular weight excluding hydrogens is 168 g/mol.